The van der Waals surface area contributed by atoms with Gasteiger partial charge in [0.15, 0.2) is 0 Å². The highest BCUT2D eigenvalue weighted by Gasteiger charge is 2.22. The van der Waals surface area contributed by atoms with E-state index in [4.69, 9.17) is 4.98 Å². The first kappa shape index (κ1) is 15.7. The molecule has 1 aliphatic carbocycles. The third-order valence-electron chi connectivity index (χ3n) is 5.02. The zero-order valence-electron chi connectivity index (χ0n) is 14.1. The van der Waals surface area contributed by atoms with E-state index in [1.165, 1.54) is 50.5 Å². The summed E-state index contributed by atoms with van der Waals surface area (Å²) < 4.78 is 0. The average Bonchev–Trinajstić information content (AvgIpc) is 3.28. The van der Waals surface area contributed by atoms with Crippen molar-refractivity contribution in [3.8, 4) is 0 Å². The van der Waals surface area contributed by atoms with E-state index in [9.17, 15) is 0 Å². The first-order chi connectivity index (χ1) is 10.7. The molecular weight excluding hydrogens is 272 g/mol. The van der Waals surface area contributed by atoms with Gasteiger partial charge in [0.1, 0.15) is 0 Å². The van der Waals surface area contributed by atoms with Crippen LogP contribution in [0.4, 0.5) is 5.95 Å². The second-order valence-corrected chi connectivity index (χ2v) is 7.04. The van der Waals surface area contributed by atoms with Crippen LogP contribution in [0, 0.1) is 12.8 Å². The van der Waals surface area contributed by atoms with Gasteiger partial charge < -0.3 is 10.2 Å². The number of hydrogen-bond acceptors (Lipinski definition) is 4. The molecule has 1 aromatic heterocycles. The predicted octanol–water partition coefficient (Wildman–Crippen LogP) is 3.62. The van der Waals surface area contributed by atoms with E-state index in [0.29, 0.717) is 6.04 Å². The molecular formula is C18H30N4. The van der Waals surface area contributed by atoms with Gasteiger partial charge >= 0.3 is 0 Å². The first-order valence-corrected chi connectivity index (χ1v) is 9.06. The maximum Gasteiger partial charge on any atom is 0.225 e. The van der Waals surface area contributed by atoms with Crippen molar-refractivity contribution in [2.75, 3.05) is 24.5 Å². The maximum atomic E-state index is 4.81. The number of nitrogens with one attached hydrogen (secondary N) is 1. The summed E-state index contributed by atoms with van der Waals surface area (Å²) in [7, 11) is 0. The van der Waals surface area contributed by atoms with Crippen LogP contribution in [-0.4, -0.2) is 29.6 Å². The molecule has 2 aliphatic rings. The Morgan fingerprint density at radius 2 is 1.86 bits per heavy atom. The van der Waals surface area contributed by atoms with Gasteiger partial charge in [-0.3, -0.25) is 0 Å². The fourth-order valence-corrected chi connectivity index (χ4v) is 3.26. The SMILES string of the molecule is Cc1nc(N2CCCCCCC2)ncc1C(C)NCC1CC1. The van der Waals surface area contributed by atoms with Crippen LogP contribution in [0.3, 0.4) is 0 Å². The molecule has 1 saturated carbocycles. The number of anilines is 1. The van der Waals surface area contributed by atoms with Crippen molar-refractivity contribution in [3.05, 3.63) is 17.5 Å². The van der Waals surface area contributed by atoms with Crippen LogP contribution < -0.4 is 10.2 Å². The molecule has 1 unspecified atom stereocenters. The molecule has 2 fully saturated rings. The molecule has 4 nitrogen and oxygen atoms in total. The minimum atomic E-state index is 0.349. The Morgan fingerprint density at radius 3 is 2.50 bits per heavy atom. The zero-order chi connectivity index (χ0) is 15.4. The van der Waals surface area contributed by atoms with E-state index < -0.39 is 0 Å². The molecule has 1 aliphatic heterocycles. The maximum absolute atomic E-state index is 4.81. The van der Waals surface area contributed by atoms with Crippen LogP contribution in [0.25, 0.3) is 0 Å². The minimum absolute atomic E-state index is 0.349. The highest BCUT2D eigenvalue weighted by atomic mass is 15.2. The van der Waals surface area contributed by atoms with Gasteiger partial charge in [-0.05, 0) is 52.0 Å². The molecule has 1 saturated heterocycles. The topological polar surface area (TPSA) is 41.1 Å². The second kappa shape index (κ2) is 7.40. The second-order valence-electron chi connectivity index (χ2n) is 7.04. The van der Waals surface area contributed by atoms with E-state index in [0.717, 1.165) is 37.2 Å². The van der Waals surface area contributed by atoms with E-state index in [1.807, 2.05) is 6.20 Å². The van der Waals surface area contributed by atoms with Crippen molar-refractivity contribution in [2.24, 2.45) is 5.92 Å². The van der Waals surface area contributed by atoms with Crippen molar-refractivity contribution in [2.45, 2.75) is 64.8 Å². The van der Waals surface area contributed by atoms with Crippen molar-refractivity contribution in [1.82, 2.24) is 15.3 Å². The van der Waals surface area contributed by atoms with Crippen molar-refractivity contribution < 1.29 is 0 Å². The molecule has 1 aromatic rings. The lowest BCUT2D eigenvalue weighted by molar-refractivity contribution is 0.538. The number of nitrogens with zero attached hydrogens (tertiary/aromatic N) is 3. The Morgan fingerprint density at radius 1 is 1.18 bits per heavy atom. The van der Waals surface area contributed by atoms with Crippen molar-refractivity contribution >= 4 is 5.95 Å². The number of aryl methyl sites for hydroxylation is 1. The molecule has 0 aromatic carbocycles. The Bertz CT molecular complexity index is 476. The summed E-state index contributed by atoms with van der Waals surface area (Å²) in [5.41, 5.74) is 2.37. The summed E-state index contributed by atoms with van der Waals surface area (Å²) in [6, 6.07) is 0.349. The lowest BCUT2D eigenvalue weighted by Crippen LogP contribution is -2.29. The van der Waals surface area contributed by atoms with E-state index in [2.05, 4.69) is 29.0 Å². The number of aromatic nitrogens is 2. The first-order valence-electron chi connectivity index (χ1n) is 9.06. The fourth-order valence-electron chi connectivity index (χ4n) is 3.26. The molecule has 2 heterocycles. The van der Waals surface area contributed by atoms with Crippen LogP contribution in [0.5, 0.6) is 0 Å². The van der Waals surface area contributed by atoms with Crippen LogP contribution in [-0.2, 0) is 0 Å². The van der Waals surface area contributed by atoms with Gasteiger partial charge in [-0.2, -0.15) is 0 Å². The molecule has 1 atom stereocenters. The van der Waals surface area contributed by atoms with Crippen molar-refractivity contribution in [3.63, 3.8) is 0 Å². The largest absolute Gasteiger partial charge is 0.341 e. The molecule has 0 spiro atoms. The number of rotatable bonds is 5. The Kier molecular flexibility index (Phi) is 5.29. The van der Waals surface area contributed by atoms with Crippen LogP contribution in [0.1, 0.15) is 69.2 Å². The van der Waals surface area contributed by atoms with E-state index in [1.54, 1.807) is 0 Å². The summed E-state index contributed by atoms with van der Waals surface area (Å²) in [5.74, 6) is 1.83. The molecule has 0 radical (unpaired) electrons. The van der Waals surface area contributed by atoms with Crippen molar-refractivity contribution in [1.29, 1.82) is 0 Å². The van der Waals surface area contributed by atoms with Gasteiger partial charge in [0, 0.05) is 36.6 Å². The van der Waals surface area contributed by atoms with E-state index >= 15 is 0 Å². The molecule has 122 valence electrons. The summed E-state index contributed by atoms with van der Waals surface area (Å²) in [6.07, 6.45) is 11.4. The molecule has 4 heteroatoms. The van der Waals surface area contributed by atoms with Gasteiger partial charge in [0.25, 0.3) is 0 Å². The van der Waals surface area contributed by atoms with Crippen LogP contribution in [0.2, 0.25) is 0 Å². The smallest absolute Gasteiger partial charge is 0.225 e. The third-order valence-corrected chi connectivity index (χ3v) is 5.02. The highest BCUT2D eigenvalue weighted by Crippen LogP contribution is 2.29. The Balaban J connectivity index is 1.64. The molecule has 0 amide bonds. The normalized spacial score (nSPS) is 21.3. The predicted molar refractivity (Wildman–Crippen MR) is 91.2 cm³/mol. The highest BCUT2D eigenvalue weighted by molar-refractivity contribution is 5.34. The van der Waals surface area contributed by atoms with E-state index in [-0.39, 0.29) is 0 Å². The summed E-state index contributed by atoms with van der Waals surface area (Å²) >= 11 is 0. The lowest BCUT2D eigenvalue weighted by Gasteiger charge is -2.25. The van der Waals surface area contributed by atoms with Gasteiger partial charge in [0.05, 0.1) is 0 Å². The van der Waals surface area contributed by atoms with Gasteiger partial charge in [0.2, 0.25) is 5.95 Å². The third kappa shape index (κ3) is 4.19. The van der Waals surface area contributed by atoms with Gasteiger partial charge in [-0.15, -0.1) is 0 Å². The molecule has 3 rings (SSSR count). The summed E-state index contributed by atoms with van der Waals surface area (Å²) in [5, 5.41) is 3.63. The standard InChI is InChI=1S/C18H30N4/c1-14(19-12-16-8-9-16)17-13-20-18(21-15(17)2)22-10-6-4-3-5-7-11-22/h13-14,16,19H,3-12H2,1-2H3. The van der Waals surface area contributed by atoms with Gasteiger partial charge in [-0.25, -0.2) is 9.97 Å². The average molecular weight is 302 g/mol. The van der Waals surface area contributed by atoms with Crippen LogP contribution in [0.15, 0.2) is 6.20 Å². The zero-order valence-corrected chi connectivity index (χ0v) is 14.1. The lowest BCUT2D eigenvalue weighted by atomic mass is 10.1. The molecule has 1 N–H and O–H groups in total. The summed E-state index contributed by atoms with van der Waals surface area (Å²) in [6.45, 7) is 7.70. The fraction of sp³-hybridized carbons (Fsp3) is 0.778. The minimum Gasteiger partial charge on any atom is -0.341 e. The quantitative estimate of drug-likeness (QED) is 0.902. The molecule has 0 bridgehead atoms. The summed E-state index contributed by atoms with van der Waals surface area (Å²) in [4.78, 5) is 11.9. The Hall–Kier alpha value is -1.16. The van der Waals surface area contributed by atoms with Gasteiger partial charge in [-0.1, -0.05) is 19.3 Å². The molecule has 22 heavy (non-hydrogen) atoms. The number of hydrogen-bond donors (Lipinski definition) is 1. The monoisotopic (exact) mass is 302 g/mol. The van der Waals surface area contributed by atoms with Crippen LogP contribution >= 0.6 is 0 Å². The Labute approximate surface area is 134 Å².